The number of aliphatic hydroxyl groups excluding tert-OH is 1. The van der Waals surface area contributed by atoms with Gasteiger partial charge >= 0.3 is 0 Å². The van der Waals surface area contributed by atoms with Crippen LogP contribution in [0.2, 0.25) is 0 Å². The van der Waals surface area contributed by atoms with Gasteiger partial charge in [0.15, 0.2) is 0 Å². The van der Waals surface area contributed by atoms with Crippen LogP contribution in [0.15, 0.2) is 6.20 Å². The lowest BCUT2D eigenvalue weighted by Crippen LogP contribution is -2.38. The molecule has 1 rings (SSSR count). The lowest BCUT2D eigenvalue weighted by atomic mass is 10.1. The fourth-order valence-electron chi connectivity index (χ4n) is 1.11. The molecule has 0 aromatic carbocycles. The Bertz CT molecular complexity index is 289. The van der Waals surface area contributed by atoms with E-state index in [2.05, 4.69) is 36.4 Å². The van der Waals surface area contributed by atoms with Crippen LogP contribution in [0.1, 0.15) is 32.6 Å². The van der Waals surface area contributed by atoms with E-state index in [4.69, 9.17) is 0 Å². The molecule has 0 aliphatic rings. The van der Waals surface area contributed by atoms with Crippen molar-refractivity contribution in [2.24, 2.45) is 7.05 Å². The normalized spacial score (nSPS) is 14.4. The van der Waals surface area contributed by atoms with Crippen LogP contribution in [0.3, 0.4) is 0 Å². The molecule has 5 nitrogen and oxygen atoms in total. The van der Waals surface area contributed by atoms with E-state index in [1.807, 2.05) is 0 Å². The predicted octanol–water partition coefficient (Wildman–Crippen LogP) is 0.237. The van der Waals surface area contributed by atoms with Gasteiger partial charge < -0.3 is 10.4 Å². The maximum atomic E-state index is 9.79. The Balaban J connectivity index is 2.51. The maximum Gasteiger partial charge on any atom is 0.110 e. The molecule has 0 saturated heterocycles. The zero-order valence-electron chi connectivity index (χ0n) is 9.15. The van der Waals surface area contributed by atoms with E-state index in [9.17, 15) is 5.11 Å². The molecule has 0 aliphatic heterocycles. The van der Waals surface area contributed by atoms with Crippen LogP contribution in [0, 0.1) is 0 Å². The minimum absolute atomic E-state index is 0.00695. The third-order valence-corrected chi connectivity index (χ3v) is 1.92. The quantitative estimate of drug-likeness (QED) is 0.730. The van der Waals surface area contributed by atoms with Crippen LogP contribution in [0.25, 0.3) is 0 Å². The van der Waals surface area contributed by atoms with Gasteiger partial charge in [0, 0.05) is 19.1 Å². The number of aliphatic hydroxyl groups is 1. The van der Waals surface area contributed by atoms with Crippen LogP contribution in [-0.4, -0.2) is 32.2 Å². The largest absolute Gasteiger partial charge is 0.385 e. The summed E-state index contributed by atoms with van der Waals surface area (Å²) < 4.78 is 1.58. The molecule has 1 atom stereocenters. The van der Waals surface area contributed by atoms with Gasteiger partial charge in [-0.25, -0.2) is 4.68 Å². The molecule has 1 aromatic rings. The highest BCUT2D eigenvalue weighted by molar-refractivity contribution is 4.99. The molecule has 0 radical (unpaired) electrons. The minimum atomic E-state index is -0.561. The molecule has 5 heteroatoms. The fraction of sp³-hybridized carbons (Fsp3) is 0.778. The molecule has 0 bridgehead atoms. The summed E-state index contributed by atoms with van der Waals surface area (Å²) in [6.45, 7) is 6.67. The first-order valence-corrected chi connectivity index (χ1v) is 4.68. The van der Waals surface area contributed by atoms with Gasteiger partial charge in [0.05, 0.1) is 11.9 Å². The highest BCUT2D eigenvalue weighted by atomic mass is 16.3. The Labute approximate surface area is 84.1 Å². The summed E-state index contributed by atoms with van der Waals surface area (Å²) in [5, 5.41) is 20.5. The Morgan fingerprint density at radius 1 is 1.57 bits per heavy atom. The van der Waals surface area contributed by atoms with Crippen molar-refractivity contribution < 1.29 is 5.11 Å². The highest BCUT2D eigenvalue weighted by Crippen LogP contribution is 2.10. The van der Waals surface area contributed by atoms with Gasteiger partial charge in [-0.2, -0.15) is 0 Å². The molecule has 0 aliphatic carbocycles. The zero-order chi connectivity index (χ0) is 10.8. The molecular weight excluding hydrogens is 180 g/mol. The molecule has 0 saturated carbocycles. The van der Waals surface area contributed by atoms with Gasteiger partial charge in [-0.1, -0.05) is 5.21 Å². The van der Waals surface area contributed by atoms with E-state index in [1.165, 1.54) is 0 Å². The molecule has 1 heterocycles. The molecule has 0 fully saturated rings. The maximum absolute atomic E-state index is 9.79. The van der Waals surface area contributed by atoms with Crippen molar-refractivity contribution in [2.45, 2.75) is 32.4 Å². The third kappa shape index (κ3) is 3.08. The summed E-state index contributed by atoms with van der Waals surface area (Å²) in [4.78, 5) is 0. The van der Waals surface area contributed by atoms with Crippen molar-refractivity contribution in [3.05, 3.63) is 11.9 Å². The SMILES string of the molecule is Cn1nncc1C(O)CNC(C)(C)C. The van der Waals surface area contributed by atoms with Crippen molar-refractivity contribution in [3.63, 3.8) is 0 Å². The van der Waals surface area contributed by atoms with Gasteiger partial charge in [0.1, 0.15) is 6.10 Å². The van der Waals surface area contributed by atoms with Crippen molar-refractivity contribution in [3.8, 4) is 0 Å². The Hall–Kier alpha value is -0.940. The molecule has 2 N–H and O–H groups in total. The van der Waals surface area contributed by atoms with Crippen molar-refractivity contribution in [2.75, 3.05) is 6.54 Å². The van der Waals surface area contributed by atoms with Gasteiger partial charge in [0.2, 0.25) is 0 Å². The lowest BCUT2D eigenvalue weighted by Gasteiger charge is -2.22. The van der Waals surface area contributed by atoms with Gasteiger partial charge in [-0.3, -0.25) is 0 Å². The molecular formula is C9H18N4O. The van der Waals surface area contributed by atoms with E-state index in [0.717, 1.165) is 5.69 Å². The smallest absolute Gasteiger partial charge is 0.110 e. The summed E-state index contributed by atoms with van der Waals surface area (Å²) in [5.74, 6) is 0. The van der Waals surface area contributed by atoms with E-state index >= 15 is 0 Å². The fourth-order valence-corrected chi connectivity index (χ4v) is 1.11. The second-order valence-corrected chi connectivity index (χ2v) is 4.43. The number of rotatable bonds is 3. The van der Waals surface area contributed by atoms with E-state index < -0.39 is 6.10 Å². The van der Waals surface area contributed by atoms with Gasteiger partial charge in [-0.05, 0) is 20.8 Å². The Morgan fingerprint density at radius 3 is 2.64 bits per heavy atom. The van der Waals surface area contributed by atoms with Crippen molar-refractivity contribution >= 4 is 0 Å². The highest BCUT2D eigenvalue weighted by Gasteiger charge is 2.15. The third-order valence-electron chi connectivity index (χ3n) is 1.92. The van der Waals surface area contributed by atoms with Gasteiger partial charge in [-0.15, -0.1) is 5.10 Å². The summed E-state index contributed by atoms with van der Waals surface area (Å²) >= 11 is 0. The number of β-amino-alcohol motifs (C(OH)–C–C–N with tert-alkyl or cyclic N) is 1. The zero-order valence-corrected chi connectivity index (χ0v) is 9.15. The first-order chi connectivity index (χ1) is 6.40. The predicted molar refractivity (Wildman–Crippen MR) is 53.7 cm³/mol. The first kappa shape index (κ1) is 11.1. The van der Waals surface area contributed by atoms with Crippen LogP contribution in [0.5, 0.6) is 0 Å². The molecule has 0 spiro atoms. The van der Waals surface area contributed by atoms with E-state index in [-0.39, 0.29) is 5.54 Å². The molecule has 80 valence electrons. The Kier molecular flexibility index (Phi) is 3.23. The lowest BCUT2D eigenvalue weighted by molar-refractivity contribution is 0.154. The van der Waals surface area contributed by atoms with Gasteiger partial charge in [0.25, 0.3) is 0 Å². The van der Waals surface area contributed by atoms with E-state index in [0.29, 0.717) is 6.54 Å². The topological polar surface area (TPSA) is 63.0 Å². The van der Waals surface area contributed by atoms with Crippen LogP contribution >= 0.6 is 0 Å². The summed E-state index contributed by atoms with van der Waals surface area (Å²) in [6.07, 6.45) is 1.02. The molecule has 14 heavy (non-hydrogen) atoms. The van der Waals surface area contributed by atoms with Crippen molar-refractivity contribution in [1.29, 1.82) is 0 Å². The standard InChI is InChI=1S/C9H18N4O/c1-9(2,3)10-6-8(14)7-5-11-12-13(7)4/h5,8,10,14H,6H2,1-4H3. The second-order valence-electron chi connectivity index (χ2n) is 4.43. The summed E-state index contributed by atoms with van der Waals surface area (Å²) in [7, 11) is 1.77. The monoisotopic (exact) mass is 198 g/mol. The molecule has 1 unspecified atom stereocenters. The minimum Gasteiger partial charge on any atom is -0.385 e. The molecule has 1 aromatic heterocycles. The number of hydrogen-bond acceptors (Lipinski definition) is 4. The average molecular weight is 198 g/mol. The summed E-state index contributed by atoms with van der Waals surface area (Å²) in [6, 6.07) is 0. The number of nitrogens with one attached hydrogen (secondary N) is 1. The van der Waals surface area contributed by atoms with Crippen LogP contribution in [0.4, 0.5) is 0 Å². The van der Waals surface area contributed by atoms with Crippen LogP contribution < -0.4 is 5.32 Å². The number of nitrogens with zero attached hydrogens (tertiary/aromatic N) is 3. The van der Waals surface area contributed by atoms with Crippen molar-refractivity contribution in [1.82, 2.24) is 20.3 Å². The second kappa shape index (κ2) is 4.06. The average Bonchev–Trinajstić information content (AvgIpc) is 2.46. The first-order valence-electron chi connectivity index (χ1n) is 4.68. The Morgan fingerprint density at radius 2 is 2.21 bits per heavy atom. The van der Waals surface area contributed by atoms with E-state index in [1.54, 1.807) is 17.9 Å². The number of aromatic nitrogens is 3. The summed E-state index contributed by atoms with van der Waals surface area (Å²) in [5.41, 5.74) is 0.731. The molecule has 0 amide bonds. The number of hydrogen-bond donors (Lipinski definition) is 2. The van der Waals surface area contributed by atoms with Crippen LogP contribution in [-0.2, 0) is 7.05 Å². The number of aryl methyl sites for hydroxylation is 1.